The highest BCUT2D eigenvalue weighted by molar-refractivity contribution is 5.87. The van der Waals surface area contributed by atoms with Gasteiger partial charge in [-0.25, -0.2) is 9.59 Å². The van der Waals surface area contributed by atoms with Gasteiger partial charge in [0.05, 0.1) is 11.3 Å². The van der Waals surface area contributed by atoms with Crippen molar-refractivity contribution in [1.29, 1.82) is 0 Å². The molecule has 0 amide bonds. The fourth-order valence-corrected chi connectivity index (χ4v) is 1.53. The molecule has 0 radical (unpaired) electrons. The molecule has 0 aliphatic heterocycles. The third-order valence-electron chi connectivity index (χ3n) is 2.33. The van der Waals surface area contributed by atoms with Crippen LogP contribution in [0.25, 0.3) is 5.69 Å². The van der Waals surface area contributed by atoms with E-state index in [0.29, 0.717) is 5.69 Å². The van der Waals surface area contributed by atoms with Crippen LogP contribution >= 0.6 is 0 Å². The molecular weight excluding hydrogens is 208 g/mol. The van der Waals surface area contributed by atoms with E-state index < -0.39 is 5.97 Å². The molecule has 1 aromatic carbocycles. The van der Waals surface area contributed by atoms with Gasteiger partial charge in [-0.15, -0.1) is 0 Å². The van der Waals surface area contributed by atoms with Gasteiger partial charge in [-0.05, 0) is 31.2 Å². The molecule has 2 aromatic rings. The predicted molar refractivity (Wildman–Crippen MR) is 58.1 cm³/mol. The SMILES string of the molecule is Cc1c[nH]c(=O)n1-c1ccc(C(=O)O)cc1. The summed E-state index contributed by atoms with van der Waals surface area (Å²) in [5.74, 6) is -0.982. The number of H-pyrrole nitrogens is 1. The summed E-state index contributed by atoms with van der Waals surface area (Å²) < 4.78 is 1.48. The summed E-state index contributed by atoms with van der Waals surface area (Å²) in [5.41, 5.74) is 1.38. The molecule has 5 heteroatoms. The first-order valence-electron chi connectivity index (χ1n) is 4.70. The summed E-state index contributed by atoms with van der Waals surface area (Å²) in [7, 11) is 0. The molecule has 0 aliphatic carbocycles. The third kappa shape index (κ3) is 1.63. The van der Waals surface area contributed by atoms with Crippen LogP contribution in [0.2, 0.25) is 0 Å². The summed E-state index contributed by atoms with van der Waals surface area (Å²) >= 11 is 0. The summed E-state index contributed by atoms with van der Waals surface area (Å²) in [6.07, 6.45) is 1.60. The van der Waals surface area contributed by atoms with E-state index in [-0.39, 0.29) is 11.3 Å². The van der Waals surface area contributed by atoms with E-state index >= 15 is 0 Å². The molecule has 0 unspecified atom stereocenters. The van der Waals surface area contributed by atoms with E-state index in [0.717, 1.165) is 5.69 Å². The van der Waals surface area contributed by atoms with Gasteiger partial charge in [0, 0.05) is 11.9 Å². The van der Waals surface area contributed by atoms with E-state index in [1.807, 2.05) is 0 Å². The Morgan fingerprint density at radius 3 is 2.38 bits per heavy atom. The number of aromatic nitrogens is 2. The second-order valence-corrected chi connectivity index (χ2v) is 3.42. The zero-order valence-corrected chi connectivity index (χ0v) is 8.60. The molecule has 82 valence electrons. The number of hydrogen-bond acceptors (Lipinski definition) is 2. The molecule has 0 saturated heterocycles. The van der Waals surface area contributed by atoms with Crippen LogP contribution in [0.3, 0.4) is 0 Å². The monoisotopic (exact) mass is 218 g/mol. The first kappa shape index (κ1) is 10.2. The second-order valence-electron chi connectivity index (χ2n) is 3.42. The average Bonchev–Trinajstić information content (AvgIpc) is 2.59. The molecule has 1 heterocycles. The van der Waals surface area contributed by atoms with Crippen LogP contribution in [0.15, 0.2) is 35.3 Å². The lowest BCUT2D eigenvalue weighted by Gasteiger charge is -2.03. The number of aryl methyl sites for hydroxylation is 1. The normalized spacial score (nSPS) is 10.3. The number of rotatable bonds is 2. The van der Waals surface area contributed by atoms with E-state index in [4.69, 9.17) is 5.11 Å². The van der Waals surface area contributed by atoms with Gasteiger partial charge >= 0.3 is 11.7 Å². The van der Waals surface area contributed by atoms with Crippen molar-refractivity contribution < 1.29 is 9.90 Å². The van der Waals surface area contributed by atoms with Crippen LogP contribution in [-0.2, 0) is 0 Å². The second kappa shape index (κ2) is 3.69. The molecule has 0 spiro atoms. The lowest BCUT2D eigenvalue weighted by atomic mass is 10.2. The number of hydrogen-bond donors (Lipinski definition) is 2. The molecule has 5 nitrogen and oxygen atoms in total. The minimum atomic E-state index is -0.982. The van der Waals surface area contributed by atoms with Gasteiger partial charge in [0.1, 0.15) is 0 Å². The highest BCUT2D eigenvalue weighted by atomic mass is 16.4. The molecule has 0 bridgehead atoms. The molecule has 2 rings (SSSR count). The Balaban J connectivity index is 2.50. The van der Waals surface area contributed by atoms with Crippen LogP contribution in [-0.4, -0.2) is 20.6 Å². The Morgan fingerprint density at radius 2 is 1.94 bits per heavy atom. The fourth-order valence-electron chi connectivity index (χ4n) is 1.53. The van der Waals surface area contributed by atoms with E-state index in [1.54, 1.807) is 25.3 Å². The Morgan fingerprint density at radius 1 is 1.31 bits per heavy atom. The highest BCUT2D eigenvalue weighted by Crippen LogP contribution is 2.09. The van der Waals surface area contributed by atoms with Crippen molar-refractivity contribution in [3.8, 4) is 5.69 Å². The topological polar surface area (TPSA) is 75.1 Å². The van der Waals surface area contributed by atoms with Crippen molar-refractivity contribution in [2.75, 3.05) is 0 Å². The zero-order chi connectivity index (χ0) is 11.7. The summed E-state index contributed by atoms with van der Waals surface area (Å²) in [4.78, 5) is 24.7. The Hall–Kier alpha value is -2.30. The van der Waals surface area contributed by atoms with Crippen LogP contribution in [0, 0.1) is 6.92 Å². The predicted octanol–water partition coefficient (Wildman–Crippen LogP) is 1.17. The molecular formula is C11H10N2O3. The number of aromatic carboxylic acids is 1. The Labute approximate surface area is 91.0 Å². The van der Waals surface area contributed by atoms with E-state index in [1.165, 1.54) is 16.7 Å². The van der Waals surface area contributed by atoms with Gasteiger partial charge < -0.3 is 10.1 Å². The maximum Gasteiger partial charge on any atom is 0.335 e. The van der Waals surface area contributed by atoms with Crippen molar-refractivity contribution in [2.45, 2.75) is 6.92 Å². The molecule has 2 N–H and O–H groups in total. The maximum absolute atomic E-state index is 11.5. The van der Waals surface area contributed by atoms with Crippen LogP contribution in [0.4, 0.5) is 0 Å². The van der Waals surface area contributed by atoms with Crippen LogP contribution in [0.5, 0.6) is 0 Å². The van der Waals surface area contributed by atoms with Crippen molar-refractivity contribution in [3.63, 3.8) is 0 Å². The van der Waals surface area contributed by atoms with Crippen molar-refractivity contribution in [3.05, 3.63) is 52.2 Å². The van der Waals surface area contributed by atoms with Crippen LogP contribution < -0.4 is 5.69 Å². The number of carboxylic acids is 1. The lowest BCUT2D eigenvalue weighted by Crippen LogP contribution is -2.15. The summed E-state index contributed by atoms with van der Waals surface area (Å²) in [5, 5.41) is 8.74. The molecule has 16 heavy (non-hydrogen) atoms. The standard InChI is InChI=1S/C11H10N2O3/c1-7-6-12-11(16)13(7)9-4-2-8(3-5-9)10(14)15/h2-6H,1H3,(H,12,16)(H,14,15). The van der Waals surface area contributed by atoms with Gasteiger partial charge in [0.2, 0.25) is 0 Å². The first-order valence-corrected chi connectivity index (χ1v) is 4.70. The fraction of sp³-hybridized carbons (Fsp3) is 0.0909. The maximum atomic E-state index is 11.5. The molecule has 1 aromatic heterocycles. The van der Waals surface area contributed by atoms with Gasteiger partial charge in [-0.2, -0.15) is 0 Å². The number of nitrogens with zero attached hydrogens (tertiary/aromatic N) is 1. The molecule has 0 atom stereocenters. The average molecular weight is 218 g/mol. The van der Waals surface area contributed by atoms with E-state index in [9.17, 15) is 9.59 Å². The van der Waals surface area contributed by atoms with Crippen molar-refractivity contribution >= 4 is 5.97 Å². The smallest absolute Gasteiger partial charge is 0.335 e. The zero-order valence-electron chi connectivity index (χ0n) is 8.60. The number of benzene rings is 1. The van der Waals surface area contributed by atoms with Gasteiger partial charge in [0.25, 0.3) is 0 Å². The number of imidazole rings is 1. The summed E-state index contributed by atoms with van der Waals surface area (Å²) in [6.45, 7) is 1.79. The van der Waals surface area contributed by atoms with Crippen molar-refractivity contribution in [1.82, 2.24) is 9.55 Å². The minimum absolute atomic E-state index is 0.199. The summed E-state index contributed by atoms with van der Waals surface area (Å²) in [6, 6.07) is 6.14. The third-order valence-corrected chi connectivity index (χ3v) is 2.33. The quantitative estimate of drug-likeness (QED) is 0.794. The molecule has 0 aliphatic rings. The molecule has 0 fully saturated rings. The molecule has 0 saturated carbocycles. The minimum Gasteiger partial charge on any atom is -0.478 e. The van der Waals surface area contributed by atoms with Crippen molar-refractivity contribution in [2.24, 2.45) is 0 Å². The lowest BCUT2D eigenvalue weighted by molar-refractivity contribution is 0.0697. The number of carboxylic acid groups (broad SMARTS) is 1. The van der Waals surface area contributed by atoms with Gasteiger partial charge in [-0.1, -0.05) is 0 Å². The first-order chi connectivity index (χ1) is 7.59. The van der Waals surface area contributed by atoms with E-state index in [2.05, 4.69) is 4.98 Å². The number of aromatic amines is 1. The number of nitrogens with one attached hydrogen (secondary N) is 1. The van der Waals surface area contributed by atoms with Gasteiger partial charge in [-0.3, -0.25) is 4.57 Å². The largest absolute Gasteiger partial charge is 0.478 e. The number of carbonyl (C=O) groups is 1. The Kier molecular flexibility index (Phi) is 2.36. The highest BCUT2D eigenvalue weighted by Gasteiger charge is 2.06. The Bertz CT molecular complexity index is 578. The van der Waals surface area contributed by atoms with Gasteiger partial charge in [0.15, 0.2) is 0 Å². The van der Waals surface area contributed by atoms with Crippen LogP contribution in [0.1, 0.15) is 16.1 Å².